The van der Waals surface area contributed by atoms with Gasteiger partial charge in [-0.15, -0.1) is 24.0 Å². The van der Waals surface area contributed by atoms with Crippen molar-refractivity contribution in [2.45, 2.75) is 11.5 Å². The van der Waals surface area contributed by atoms with Gasteiger partial charge in [-0.3, -0.25) is 0 Å². The summed E-state index contributed by atoms with van der Waals surface area (Å²) in [5, 5.41) is 10.1. The van der Waals surface area contributed by atoms with E-state index >= 15 is 0 Å². The number of benzene rings is 1. The maximum Gasteiger partial charge on any atom is 0.0941 e. The molecule has 1 nitrogen and oxygen atoms in total. The van der Waals surface area contributed by atoms with Crippen LogP contribution < -0.4 is 0 Å². The molecule has 0 amide bonds. The smallest absolute Gasteiger partial charge is 0.0941 e. The quantitative estimate of drug-likeness (QED) is 0.720. The van der Waals surface area contributed by atoms with E-state index in [4.69, 9.17) is 16.7 Å². The molecule has 0 spiro atoms. The third kappa shape index (κ3) is 1.70. The maximum absolute atomic E-state index is 9.10. The Kier molecular flexibility index (Phi) is 2.51. The first-order valence-corrected chi connectivity index (χ1v) is 5.36. The minimum atomic E-state index is 0.0295. The minimum Gasteiger partial charge on any atom is -0.392 e. The molecule has 68 valence electrons. The van der Waals surface area contributed by atoms with E-state index in [0.717, 1.165) is 24.9 Å². The first-order chi connectivity index (χ1) is 6.20. The Morgan fingerprint density at radius 1 is 1.38 bits per heavy atom. The summed E-state index contributed by atoms with van der Waals surface area (Å²) in [6.45, 7) is 0.0295. The molecule has 1 aromatic heterocycles. The van der Waals surface area contributed by atoms with E-state index in [0.29, 0.717) is 0 Å². The van der Waals surface area contributed by atoms with Gasteiger partial charge < -0.3 is 5.11 Å². The molecule has 1 heterocycles. The van der Waals surface area contributed by atoms with Crippen LogP contribution in [0.3, 0.4) is 0 Å². The van der Waals surface area contributed by atoms with Crippen LogP contribution in [0.5, 0.6) is 0 Å². The monoisotopic (exact) mass is 230 g/mol. The van der Waals surface area contributed by atoms with Crippen LogP contribution in [0.15, 0.2) is 23.1 Å². The zero-order valence-corrected chi connectivity index (χ0v) is 9.09. The summed E-state index contributed by atoms with van der Waals surface area (Å²) in [7, 11) is 0. The van der Waals surface area contributed by atoms with Gasteiger partial charge >= 0.3 is 0 Å². The van der Waals surface area contributed by atoms with Crippen LogP contribution in [0, 0.1) is 0 Å². The van der Waals surface area contributed by atoms with Gasteiger partial charge in [-0.25, -0.2) is 0 Å². The summed E-state index contributed by atoms with van der Waals surface area (Å²) in [6, 6.07) is 5.69. The van der Waals surface area contributed by atoms with E-state index in [2.05, 4.69) is 12.6 Å². The zero-order valence-electron chi connectivity index (χ0n) is 6.62. The van der Waals surface area contributed by atoms with Crippen molar-refractivity contribution < 1.29 is 5.11 Å². The molecule has 0 saturated heterocycles. The lowest BCUT2D eigenvalue weighted by molar-refractivity contribution is 0.283. The van der Waals surface area contributed by atoms with E-state index in [1.54, 1.807) is 0 Å². The van der Waals surface area contributed by atoms with Gasteiger partial charge in [-0.2, -0.15) is 0 Å². The molecule has 0 fully saturated rings. The summed E-state index contributed by atoms with van der Waals surface area (Å²) in [5.74, 6) is 0. The summed E-state index contributed by atoms with van der Waals surface area (Å²) >= 11 is 11.6. The molecule has 1 aromatic carbocycles. The van der Waals surface area contributed by atoms with Gasteiger partial charge in [0, 0.05) is 9.60 Å². The van der Waals surface area contributed by atoms with Crippen molar-refractivity contribution in [1.29, 1.82) is 0 Å². The van der Waals surface area contributed by atoms with E-state index in [-0.39, 0.29) is 6.61 Å². The van der Waals surface area contributed by atoms with Gasteiger partial charge in [0.05, 0.1) is 10.9 Å². The van der Waals surface area contributed by atoms with Crippen molar-refractivity contribution in [2.75, 3.05) is 0 Å². The number of aliphatic hydroxyl groups excluding tert-OH is 1. The highest BCUT2D eigenvalue weighted by atomic mass is 35.5. The predicted octanol–water partition coefficient (Wildman–Crippen LogP) is 3.34. The molecule has 13 heavy (non-hydrogen) atoms. The molecule has 0 aliphatic heterocycles. The van der Waals surface area contributed by atoms with Gasteiger partial charge in [-0.1, -0.05) is 11.6 Å². The Hall–Kier alpha value is -0.220. The van der Waals surface area contributed by atoms with Crippen LogP contribution in [0.2, 0.25) is 4.34 Å². The Morgan fingerprint density at radius 2 is 2.15 bits per heavy atom. The highest BCUT2D eigenvalue weighted by Crippen LogP contribution is 2.33. The third-order valence-electron chi connectivity index (χ3n) is 1.82. The maximum atomic E-state index is 9.10. The summed E-state index contributed by atoms with van der Waals surface area (Å²) in [4.78, 5) is 0.853. The third-order valence-corrected chi connectivity index (χ3v) is 3.43. The van der Waals surface area contributed by atoms with Crippen molar-refractivity contribution in [1.82, 2.24) is 0 Å². The van der Waals surface area contributed by atoms with Crippen molar-refractivity contribution in [2.24, 2.45) is 0 Å². The average molecular weight is 231 g/mol. The number of hydrogen-bond donors (Lipinski definition) is 2. The summed E-state index contributed by atoms with van der Waals surface area (Å²) < 4.78 is 1.79. The Bertz CT molecular complexity index is 450. The standard InChI is InChI=1S/C9H7ClOS2/c10-8-3-5-1-7(12)2-6(4-11)9(5)13-8/h1-3,11-12H,4H2. The molecule has 0 radical (unpaired) electrons. The number of thiophene rings is 1. The molecule has 2 aromatic rings. The normalized spacial score (nSPS) is 11.0. The van der Waals surface area contributed by atoms with Crippen LogP contribution in [0.4, 0.5) is 0 Å². The first kappa shape index (κ1) is 9.34. The largest absolute Gasteiger partial charge is 0.392 e. The molecule has 0 saturated carbocycles. The fourth-order valence-corrected chi connectivity index (χ4v) is 2.81. The second-order valence-electron chi connectivity index (χ2n) is 2.73. The van der Waals surface area contributed by atoms with Crippen LogP contribution in [-0.2, 0) is 6.61 Å². The Morgan fingerprint density at radius 3 is 2.85 bits per heavy atom. The molecule has 0 bridgehead atoms. The predicted molar refractivity (Wildman–Crippen MR) is 60.0 cm³/mol. The first-order valence-electron chi connectivity index (χ1n) is 3.72. The average Bonchev–Trinajstić information content (AvgIpc) is 2.43. The fraction of sp³-hybridized carbons (Fsp3) is 0.111. The van der Waals surface area contributed by atoms with Crippen LogP contribution in [0.25, 0.3) is 10.1 Å². The van der Waals surface area contributed by atoms with E-state index in [1.807, 2.05) is 18.2 Å². The zero-order chi connectivity index (χ0) is 9.42. The van der Waals surface area contributed by atoms with Gasteiger partial charge in [0.2, 0.25) is 0 Å². The van der Waals surface area contributed by atoms with Crippen molar-refractivity contribution in [3.63, 3.8) is 0 Å². The van der Waals surface area contributed by atoms with Gasteiger partial charge in [0.25, 0.3) is 0 Å². The number of fused-ring (bicyclic) bond motifs is 1. The van der Waals surface area contributed by atoms with Gasteiger partial charge in [0.15, 0.2) is 0 Å². The highest BCUT2D eigenvalue weighted by molar-refractivity contribution is 7.80. The van der Waals surface area contributed by atoms with E-state index < -0.39 is 0 Å². The lowest BCUT2D eigenvalue weighted by Gasteiger charge is -1.99. The lowest BCUT2D eigenvalue weighted by atomic mass is 10.2. The highest BCUT2D eigenvalue weighted by Gasteiger charge is 2.05. The number of thiol groups is 1. The molecule has 0 atom stereocenters. The van der Waals surface area contributed by atoms with Crippen molar-refractivity contribution in [3.05, 3.63) is 28.1 Å². The molecule has 0 unspecified atom stereocenters. The van der Waals surface area contributed by atoms with E-state index in [9.17, 15) is 0 Å². The molecular weight excluding hydrogens is 224 g/mol. The second kappa shape index (κ2) is 3.50. The molecule has 4 heteroatoms. The molecule has 0 aliphatic rings. The fourth-order valence-electron chi connectivity index (χ4n) is 1.29. The van der Waals surface area contributed by atoms with Crippen LogP contribution in [-0.4, -0.2) is 5.11 Å². The topological polar surface area (TPSA) is 20.2 Å². The summed E-state index contributed by atoms with van der Waals surface area (Å²) in [5.41, 5.74) is 0.888. The molecule has 2 rings (SSSR count). The molecule has 0 aliphatic carbocycles. The number of aliphatic hydroxyl groups is 1. The van der Waals surface area contributed by atoms with Gasteiger partial charge in [0.1, 0.15) is 0 Å². The number of rotatable bonds is 1. The summed E-state index contributed by atoms with van der Waals surface area (Å²) in [6.07, 6.45) is 0. The second-order valence-corrected chi connectivity index (χ2v) is 4.93. The van der Waals surface area contributed by atoms with E-state index in [1.165, 1.54) is 11.3 Å². The number of halogens is 1. The Balaban J connectivity index is 2.80. The van der Waals surface area contributed by atoms with Gasteiger partial charge in [-0.05, 0) is 29.1 Å². The van der Waals surface area contributed by atoms with Crippen LogP contribution >= 0.6 is 35.6 Å². The molecule has 1 N–H and O–H groups in total. The SMILES string of the molecule is OCc1cc(S)cc2cc(Cl)sc12. The number of hydrogen-bond acceptors (Lipinski definition) is 3. The van der Waals surface area contributed by atoms with Crippen LogP contribution in [0.1, 0.15) is 5.56 Å². The minimum absolute atomic E-state index is 0.0295. The van der Waals surface area contributed by atoms with Crippen molar-refractivity contribution >= 4 is 45.7 Å². The lowest BCUT2D eigenvalue weighted by Crippen LogP contribution is -1.82. The van der Waals surface area contributed by atoms with Crippen molar-refractivity contribution in [3.8, 4) is 0 Å². The molecular formula is C9H7ClOS2. The Labute approximate surface area is 90.4 Å².